The lowest BCUT2D eigenvalue weighted by Gasteiger charge is -2.08. The second kappa shape index (κ2) is 4.72. The van der Waals surface area contributed by atoms with Gasteiger partial charge in [-0.2, -0.15) is 0 Å². The van der Waals surface area contributed by atoms with Crippen LogP contribution in [0.3, 0.4) is 0 Å². The van der Waals surface area contributed by atoms with Crippen molar-refractivity contribution in [2.24, 2.45) is 0 Å². The van der Waals surface area contributed by atoms with Crippen molar-refractivity contribution in [3.63, 3.8) is 0 Å². The molecule has 7 heteroatoms. The van der Waals surface area contributed by atoms with Gasteiger partial charge in [0.15, 0.2) is 0 Å². The van der Waals surface area contributed by atoms with Gasteiger partial charge in [0.1, 0.15) is 4.90 Å². The maximum Gasteiger partial charge on any atom is 0.256 e. The Morgan fingerprint density at radius 1 is 1.44 bits per heavy atom. The van der Waals surface area contributed by atoms with E-state index in [9.17, 15) is 13.2 Å². The molecule has 0 saturated carbocycles. The summed E-state index contributed by atoms with van der Waals surface area (Å²) in [6, 6.07) is 6.68. The van der Waals surface area contributed by atoms with Crippen molar-refractivity contribution in [2.75, 3.05) is 6.54 Å². The van der Waals surface area contributed by atoms with Crippen LogP contribution in [0.2, 0.25) is 5.02 Å². The van der Waals surface area contributed by atoms with Crippen LogP contribution in [-0.2, 0) is 10.0 Å². The third-order valence-electron chi connectivity index (χ3n) is 2.33. The number of sulfonamides is 1. The molecule has 1 heterocycles. The molecule has 0 aliphatic heterocycles. The molecule has 0 aliphatic rings. The second-order valence-electron chi connectivity index (χ2n) is 3.61. The highest BCUT2D eigenvalue weighted by atomic mass is 35.5. The highest BCUT2D eigenvalue weighted by molar-refractivity contribution is 7.89. The molecule has 0 atom stereocenters. The Hall–Kier alpha value is -1.37. The molecule has 0 bridgehead atoms. The molecule has 0 saturated heterocycles. The van der Waals surface area contributed by atoms with Crippen molar-refractivity contribution in [2.45, 2.75) is 11.8 Å². The molecule has 2 rings (SSSR count). The lowest BCUT2D eigenvalue weighted by atomic mass is 10.2. The molecular weight excluding hydrogens is 276 g/mol. The number of hydrogen-bond donors (Lipinski definition) is 2. The van der Waals surface area contributed by atoms with Crippen LogP contribution in [0.5, 0.6) is 0 Å². The number of aromatic amines is 1. The molecule has 1 radical (unpaired) electrons. The summed E-state index contributed by atoms with van der Waals surface area (Å²) in [7, 11) is -3.63. The summed E-state index contributed by atoms with van der Waals surface area (Å²) in [6.45, 7) is 1.95. The summed E-state index contributed by atoms with van der Waals surface area (Å²) >= 11 is 5.92. The number of hydrogen-bond acceptors (Lipinski definition) is 3. The van der Waals surface area contributed by atoms with Gasteiger partial charge in [-0.1, -0.05) is 18.5 Å². The zero-order valence-electron chi connectivity index (χ0n) is 9.45. The average molecular weight is 286 g/mol. The van der Waals surface area contributed by atoms with Crippen LogP contribution in [0.25, 0.3) is 10.9 Å². The largest absolute Gasteiger partial charge is 0.321 e. The lowest BCUT2D eigenvalue weighted by molar-refractivity contribution is 0.584. The molecule has 5 nitrogen and oxygen atoms in total. The molecule has 0 amide bonds. The van der Waals surface area contributed by atoms with Crippen LogP contribution in [0.1, 0.15) is 6.92 Å². The van der Waals surface area contributed by atoms with Crippen LogP contribution in [0, 0.1) is 6.07 Å². The summed E-state index contributed by atoms with van der Waals surface area (Å²) in [5, 5.41) is 0.612. The van der Waals surface area contributed by atoms with Gasteiger partial charge < -0.3 is 4.98 Å². The highest BCUT2D eigenvalue weighted by Gasteiger charge is 2.17. The van der Waals surface area contributed by atoms with E-state index in [0.717, 1.165) is 0 Å². The van der Waals surface area contributed by atoms with Crippen LogP contribution >= 0.6 is 11.6 Å². The van der Waals surface area contributed by atoms with Crippen LogP contribution in [0.15, 0.2) is 27.9 Å². The number of benzene rings is 1. The van der Waals surface area contributed by atoms with E-state index in [1.54, 1.807) is 6.92 Å². The van der Waals surface area contributed by atoms with Crippen molar-refractivity contribution in [1.82, 2.24) is 9.71 Å². The van der Waals surface area contributed by atoms with Gasteiger partial charge in [-0.05, 0) is 18.2 Å². The first-order valence-corrected chi connectivity index (χ1v) is 7.04. The Bertz CT molecular complexity index is 752. The van der Waals surface area contributed by atoms with E-state index in [4.69, 9.17) is 11.6 Å². The summed E-state index contributed by atoms with van der Waals surface area (Å²) in [6.07, 6.45) is 0. The van der Waals surface area contributed by atoms with Crippen molar-refractivity contribution < 1.29 is 8.42 Å². The molecule has 0 unspecified atom stereocenters. The van der Waals surface area contributed by atoms with Gasteiger partial charge in [-0.25, -0.2) is 13.1 Å². The lowest BCUT2D eigenvalue weighted by Crippen LogP contribution is -2.23. The minimum atomic E-state index is -3.63. The molecule has 1 aromatic heterocycles. The number of aromatic nitrogens is 1. The molecule has 95 valence electrons. The van der Waals surface area contributed by atoms with E-state index in [2.05, 4.69) is 15.8 Å². The molecule has 2 N–H and O–H groups in total. The van der Waals surface area contributed by atoms with Crippen molar-refractivity contribution >= 4 is 32.5 Å². The summed E-state index contributed by atoms with van der Waals surface area (Å²) in [4.78, 5) is 13.6. The predicted octanol–water partition coefficient (Wildman–Crippen LogP) is 1.28. The SMILES string of the molecule is CCNS(=O)(=O)c1cc2c[c]c(=O)[nH]c2cc1Cl. The summed E-state index contributed by atoms with van der Waals surface area (Å²) in [5.41, 5.74) is 0.0834. The number of fused-ring (bicyclic) bond motifs is 1. The normalized spacial score (nSPS) is 11.9. The first-order valence-electron chi connectivity index (χ1n) is 5.18. The Morgan fingerprint density at radius 3 is 2.83 bits per heavy atom. The standard InChI is InChI=1S/C11H10ClN2O3S/c1-2-13-18(16,17)10-5-7-3-4-11(15)14-9(7)6-8(10)12/h3,5-6,13H,2H2,1H3,(H,14,15). The van der Waals surface area contributed by atoms with Crippen molar-refractivity contribution in [3.8, 4) is 0 Å². The number of H-pyrrole nitrogens is 1. The van der Waals surface area contributed by atoms with Gasteiger partial charge in [-0.3, -0.25) is 4.79 Å². The smallest absolute Gasteiger partial charge is 0.256 e. The van der Waals surface area contributed by atoms with Gasteiger partial charge >= 0.3 is 0 Å². The summed E-state index contributed by atoms with van der Waals surface area (Å²) < 4.78 is 26.1. The number of rotatable bonds is 3. The van der Waals surface area contributed by atoms with Crippen molar-refractivity contribution in [3.05, 3.63) is 39.6 Å². The van der Waals surface area contributed by atoms with Gasteiger partial charge in [0.25, 0.3) is 5.56 Å². The van der Waals surface area contributed by atoms with E-state index in [1.807, 2.05) is 0 Å². The molecule has 0 aliphatic carbocycles. The predicted molar refractivity (Wildman–Crippen MR) is 69.3 cm³/mol. The first-order chi connectivity index (χ1) is 8.44. The minimum absolute atomic E-state index is 0.0148. The Morgan fingerprint density at radius 2 is 2.17 bits per heavy atom. The third kappa shape index (κ3) is 2.40. The topological polar surface area (TPSA) is 79.0 Å². The van der Waals surface area contributed by atoms with Crippen LogP contribution in [-0.4, -0.2) is 19.9 Å². The third-order valence-corrected chi connectivity index (χ3v) is 4.35. The molecule has 1 aromatic carbocycles. The van der Waals surface area contributed by atoms with E-state index >= 15 is 0 Å². The Balaban J connectivity index is 2.71. The second-order valence-corrected chi connectivity index (χ2v) is 5.76. The maximum absolute atomic E-state index is 11.9. The molecule has 0 spiro atoms. The van der Waals surface area contributed by atoms with Gasteiger partial charge in [0.05, 0.1) is 11.1 Å². The Labute approximate surface area is 109 Å². The fourth-order valence-corrected chi connectivity index (χ4v) is 3.17. The van der Waals surface area contributed by atoms with Gasteiger partial charge in [0, 0.05) is 17.4 Å². The molecule has 18 heavy (non-hydrogen) atoms. The molecule has 2 aromatic rings. The van der Waals surface area contributed by atoms with Gasteiger partial charge in [-0.15, -0.1) is 0 Å². The van der Waals surface area contributed by atoms with E-state index in [0.29, 0.717) is 10.9 Å². The van der Waals surface area contributed by atoms with Crippen LogP contribution in [0.4, 0.5) is 0 Å². The monoisotopic (exact) mass is 285 g/mol. The summed E-state index contributed by atoms with van der Waals surface area (Å²) in [5.74, 6) is 0. The fraction of sp³-hybridized carbons (Fsp3) is 0.182. The molecule has 0 fully saturated rings. The first kappa shape index (κ1) is 13.1. The highest BCUT2D eigenvalue weighted by Crippen LogP contribution is 2.25. The number of nitrogens with one attached hydrogen (secondary N) is 2. The zero-order chi connectivity index (χ0) is 13.3. The van der Waals surface area contributed by atoms with Crippen molar-refractivity contribution in [1.29, 1.82) is 0 Å². The van der Waals surface area contributed by atoms with Gasteiger partial charge in [0.2, 0.25) is 10.0 Å². The fourth-order valence-electron chi connectivity index (χ4n) is 1.57. The van der Waals surface area contributed by atoms with Crippen LogP contribution < -0.4 is 10.3 Å². The average Bonchev–Trinajstić information content (AvgIpc) is 2.27. The number of halogens is 1. The van der Waals surface area contributed by atoms with E-state index in [-0.39, 0.29) is 22.0 Å². The Kier molecular flexibility index (Phi) is 3.43. The quantitative estimate of drug-likeness (QED) is 0.891. The van der Waals surface area contributed by atoms with E-state index in [1.165, 1.54) is 18.2 Å². The number of pyridine rings is 1. The minimum Gasteiger partial charge on any atom is -0.321 e. The van der Waals surface area contributed by atoms with E-state index < -0.39 is 10.0 Å². The zero-order valence-corrected chi connectivity index (χ0v) is 11.0. The molecular formula is C11H10ClN2O3S. The maximum atomic E-state index is 11.9.